The maximum absolute atomic E-state index is 12.7. The fourth-order valence-electron chi connectivity index (χ4n) is 1.40. The number of hydrogen-bond acceptors (Lipinski definition) is 1. The fraction of sp³-hybridized carbons (Fsp3) is 0.222. The minimum Gasteiger partial charge on any atom is -0.338 e. The van der Waals surface area contributed by atoms with Crippen molar-refractivity contribution in [3.63, 3.8) is 0 Å². The molecular weight excluding hydrogens is 299 g/mol. The molecule has 0 saturated carbocycles. The Morgan fingerprint density at radius 1 is 1.12 bits per heavy atom. The molecule has 0 atom stereocenters. The second-order valence-electron chi connectivity index (χ2n) is 3.28. The zero-order valence-electron chi connectivity index (χ0n) is 7.95. The summed E-state index contributed by atoms with van der Waals surface area (Å²) in [6, 6.07) is 3.61. The molecule has 2 nitrogen and oxygen atoms in total. The van der Waals surface area contributed by atoms with Gasteiger partial charge in [-0.15, -0.1) is 0 Å². The van der Waals surface area contributed by atoms with Crippen molar-refractivity contribution in [3.8, 4) is 0 Å². The first-order valence-electron chi connectivity index (χ1n) is 4.33. The van der Waals surface area contributed by atoms with Crippen LogP contribution in [0, 0.1) is 0 Å². The van der Waals surface area contributed by atoms with Crippen LogP contribution < -0.4 is 0 Å². The second-order valence-corrected chi connectivity index (χ2v) is 5.56. The highest BCUT2D eigenvalue weighted by atomic mass is 35.6. The minimum atomic E-state index is -4.50. The number of fused-ring (bicyclic) bond motifs is 1. The third-order valence-electron chi connectivity index (χ3n) is 2.09. The standard InChI is InChI=1S/C9H4Cl3F3N2/c10-8(11,12)7-16-5-3-1-2-4(6(5)17-7)9(13,14)15/h1-3H,(H,16,17). The van der Waals surface area contributed by atoms with Crippen LogP contribution in [0.3, 0.4) is 0 Å². The molecule has 0 bridgehead atoms. The van der Waals surface area contributed by atoms with Gasteiger partial charge in [-0.05, 0) is 12.1 Å². The van der Waals surface area contributed by atoms with Crippen molar-refractivity contribution >= 4 is 45.8 Å². The molecule has 8 heteroatoms. The van der Waals surface area contributed by atoms with Crippen LogP contribution in [0.25, 0.3) is 11.0 Å². The van der Waals surface area contributed by atoms with Crippen LogP contribution in [0.2, 0.25) is 0 Å². The Labute approximate surface area is 109 Å². The van der Waals surface area contributed by atoms with Gasteiger partial charge in [-0.2, -0.15) is 13.2 Å². The Hall–Kier alpha value is -0.650. The van der Waals surface area contributed by atoms with Crippen LogP contribution in [-0.2, 0) is 9.97 Å². The van der Waals surface area contributed by atoms with Crippen molar-refractivity contribution in [1.82, 2.24) is 9.97 Å². The van der Waals surface area contributed by atoms with E-state index in [9.17, 15) is 13.2 Å². The van der Waals surface area contributed by atoms with Crippen molar-refractivity contribution < 1.29 is 13.2 Å². The highest BCUT2D eigenvalue weighted by Crippen LogP contribution is 2.39. The summed E-state index contributed by atoms with van der Waals surface area (Å²) in [5.41, 5.74) is -0.964. The van der Waals surface area contributed by atoms with Gasteiger partial charge in [-0.3, -0.25) is 0 Å². The lowest BCUT2D eigenvalue weighted by Crippen LogP contribution is -2.06. The summed E-state index contributed by atoms with van der Waals surface area (Å²) in [4.78, 5) is 6.22. The van der Waals surface area contributed by atoms with Crippen LogP contribution in [0.15, 0.2) is 18.2 Å². The minimum absolute atomic E-state index is 0.144. The van der Waals surface area contributed by atoms with E-state index in [1.165, 1.54) is 12.1 Å². The molecule has 0 amide bonds. The van der Waals surface area contributed by atoms with E-state index in [2.05, 4.69) is 9.97 Å². The lowest BCUT2D eigenvalue weighted by atomic mass is 10.2. The van der Waals surface area contributed by atoms with Gasteiger partial charge in [0.1, 0.15) is 5.52 Å². The summed E-state index contributed by atoms with van der Waals surface area (Å²) in [7, 11) is 0. The van der Waals surface area contributed by atoms with E-state index in [4.69, 9.17) is 34.8 Å². The number of hydrogen-bond donors (Lipinski definition) is 1. The molecule has 0 saturated heterocycles. The van der Waals surface area contributed by atoms with Gasteiger partial charge < -0.3 is 4.98 Å². The first-order valence-corrected chi connectivity index (χ1v) is 5.46. The third kappa shape index (κ3) is 2.46. The molecule has 0 radical (unpaired) electrons. The maximum atomic E-state index is 12.7. The summed E-state index contributed by atoms with van der Waals surface area (Å²) in [5.74, 6) is -0.144. The van der Waals surface area contributed by atoms with Crippen LogP contribution in [-0.4, -0.2) is 9.97 Å². The monoisotopic (exact) mass is 302 g/mol. The van der Waals surface area contributed by atoms with Crippen LogP contribution in [0.4, 0.5) is 13.2 Å². The van der Waals surface area contributed by atoms with Crippen molar-refractivity contribution in [1.29, 1.82) is 0 Å². The molecule has 0 unspecified atom stereocenters. The predicted molar refractivity (Wildman–Crippen MR) is 60.3 cm³/mol. The molecule has 1 aromatic heterocycles. The van der Waals surface area contributed by atoms with E-state index >= 15 is 0 Å². The Bertz CT molecular complexity index is 557. The maximum Gasteiger partial charge on any atom is 0.418 e. The van der Waals surface area contributed by atoms with E-state index in [1.807, 2.05) is 0 Å². The molecule has 1 N–H and O–H groups in total. The molecular formula is C9H4Cl3F3N2. The lowest BCUT2D eigenvalue weighted by Gasteiger charge is -2.06. The Morgan fingerprint density at radius 3 is 2.29 bits per heavy atom. The van der Waals surface area contributed by atoms with E-state index in [1.54, 1.807) is 0 Å². The summed E-state index contributed by atoms with van der Waals surface area (Å²) >= 11 is 16.7. The molecule has 1 aromatic carbocycles. The van der Waals surface area contributed by atoms with Gasteiger partial charge in [0, 0.05) is 0 Å². The Morgan fingerprint density at radius 2 is 1.76 bits per heavy atom. The molecule has 17 heavy (non-hydrogen) atoms. The molecule has 2 rings (SSSR count). The van der Waals surface area contributed by atoms with E-state index in [0.717, 1.165) is 6.07 Å². The second kappa shape index (κ2) is 3.93. The number of imidazole rings is 1. The highest BCUT2D eigenvalue weighted by molar-refractivity contribution is 6.66. The predicted octanol–water partition coefficient (Wildman–Crippen LogP) is 4.41. The lowest BCUT2D eigenvalue weighted by molar-refractivity contribution is -0.136. The summed E-state index contributed by atoms with van der Waals surface area (Å²) in [5, 5.41) is 0. The number of nitrogens with one attached hydrogen (secondary N) is 1. The van der Waals surface area contributed by atoms with Gasteiger partial charge in [-0.25, -0.2) is 4.98 Å². The average Bonchev–Trinajstić information content (AvgIpc) is 2.57. The summed E-state index contributed by atoms with van der Waals surface area (Å²) in [6.45, 7) is 0. The summed E-state index contributed by atoms with van der Waals surface area (Å²) in [6.07, 6.45) is -4.50. The first-order chi connectivity index (χ1) is 7.69. The van der Waals surface area contributed by atoms with Gasteiger partial charge >= 0.3 is 6.18 Å². The van der Waals surface area contributed by atoms with Gasteiger partial charge in [-0.1, -0.05) is 40.9 Å². The number of aromatic nitrogens is 2. The SMILES string of the molecule is FC(F)(F)c1cccc2[nH]c(C(Cl)(Cl)Cl)nc12. The molecule has 0 fully saturated rings. The van der Waals surface area contributed by atoms with Gasteiger partial charge in [0.15, 0.2) is 5.82 Å². The van der Waals surface area contributed by atoms with Crippen molar-refractivity contribution in [2.45, 2.75) is 9.97 Å². The quantitative estimate of drug-likeness (QED) is 0.718. The van der Waals surface area contributed by atoms with Crippen molar-refractivity contribution in [3.05, 3.63) is 29.6 Å². The van der Waals surface area contributed by atoms with E-state index in [-0.39, 0.29) is 16.9 Å². The average molecular weight is 303 g/mol. The third-order valence-corrected chi connectivity index (χ3v) is 2.62. The highest BCUT2D eigenvalue weighted by Gasteiger charge is 2.35. The van der Waals surface area contributed by atoms with Crippen LogP contribution in [0.1, 0.15) is 11.4 Å². The van der Waals surface area contributed by atoms with Crippen LogP contribution in [0.5, 0.6) is 0 Å². The van der Waals surface area contributed by atoms with Crippen molar-refractivity contribution in [2.24, 2.45) is 0 Å². The molecule has 0 aliphatic rings. The fourth-order valence-corrected chi connectivity index (χ4v) is 1.66. The largest absolute Gasteiger partial charge is 0.418 e. The zero-order chi connectivity index (χ0) is 12.8. The topological polar surface area (TPSA) is 28.7 Å². The molecule has 0 aliphatic heterocycles. The van der Waals surface area contributed by atoms with Gasteiger partial charge in [0.05, 0.1) is 11.1 Å². The normalized spacial score (nSPS) is 13.3. The Balaban J connectivity index is 2.70. The number of halogens is 6. The number of aromatic amines is 1. The molecule has 0 spiro atoms. The molecule has 0 aliphatic carbocycles. The zero-order valence-corrected chi connectivity index (χ0v) is 10.2. The molecule has 92 valence electrons. The van der Waals surface area contributed by atoms with Gasteiger partial charge in [0.2, 0.25) is 3.79 Å². The smallest absolute Gasteiger partial charge is 0.338 e. The van der Waals surface area contributed by atoms with E-state index < -0.39 is 15.5 Å². The summed E-state index contributed by atoms with van der Waals surface area (Å²) < 4.78 is 36.1. The first kappa shape index (κ1) is 12.8. The van der Waals surface area contributed by atoms with Crippen molar-refractivity contribution in [2.75, 3.05) is 0 Å². The molecule has 2 aromatic rings. The molecule has 1 heterocycles. The Kier molecular flexibility index (Phi) is 2.96. The van der Waals surface area contributed by atoms with Gasteiger partial charge in [0.25, 0.3) is 0 Å². The number of rotatable bonds is 0. The van der Waals surface area contributed by atoms with Crippen LogP contribution >= 0.6 is 34.8 Å². The number of benzene rings is 1. The number of H-pyrrole nitrogens is 1. The number of nitrogens with zero attached hydrogens (tertiary/aromatic N) is 1. The number of para-hydroxylation sites is 1. The van der Waals surface area contributed by atoms with E-state index in [0.29, 0.717) is 0 Å². The number of alkyl halides is 6.